The smallest absolute Gasteiger partial charge is 0.587 e. The molecule has 0 heterocycles. The quantitative estimate of drug-likeness (QED) is 0.693. The molecule has 0 aromatic rings. The summed E-state index contributed by atoms with van der Waals surface area (Å²) in [6.07, 6.45) is 0. The molecule has 63 valence electrons. The van der Waals surface area contributed by atoms with Crippen LogP contribution in [0.1, 0.15) is 7.43 Å². The van der Waals surface area contributed by atoms with Gasteiger partial charge in [0.25, 0.3) is 0 Å². The molecule has 0 rings (SSSR count). The fourth-order valence-corrected chi connectivity index (χ4v) is 3.51. The molecule has 0 aliphatic rings. The Bertz CT molecular complexity index is 64.7. The average Bonchev–Trinajstić information content (AvgIpc) is 1.63. The van der Waals surface area contributed by atoms with E-state index < -0.39 is 44.9 Å². The van der Waals surface area contributed by atoms with Crippen LogP contribution in [0.3, 0.4) is 0 Å². The molecule has 0 aromatic heterocycles. The topological polar surface area (TPSA) is 18.5 Å². The summed E-state index contributed by atoms with van der Waals surface area (Å²) in [5.74, 6) is 8.72. The minimum absolute atomic E-state index is 0. The van der Waals surface area contributed by atoms with Crippen molar-refractivity contribution in [2.24, 2.45) is 0 Å². The van der Waals surface area contributed by atoms with Crippen LogP contribution >= 0.6 is 0 Å². The van der Waals surface area contributed by atoms with Crippen LogP contribution in [-0.2, 0) is 24.2 Å². The van der Waals surface area contributed by atoms with E-state index >= 15 is 0 Å². The molecule has 0 bridgehead atoms. The second-order valence-corrected chi connectivity index (χ2v) is 9.65. The van der Waals surface area contributed by atoms with E-state index in [2.05, 4.69) is 23.1 Å². The Kier molecular flexibility index (Phi) is 20.7. The molecule has 0 atom stereocenters. The molecular formula is C5H17Al3O2V. The van der Waals surface area contributed by atoms with Gasteiger partial charge in [-0.25, -0.2) is 0 Å². The van der Waals surface area contributed by atoms with Gasteiger partial charge in [0.2, 0.25) is 0 Å². The summed E-state index contributed by atoms with van der Waals surface area (Å²) >= 11 is -2.10. The largest absolute Gasteiger partial charge is 0.618 e. The summed E-state index contributed by atoms with van der Waals surface area (Å²) in [7, 11) is 0. The van der Waals surface area contributed by atoms with Crippen molar-refractivity contribution in [1.82, 2.24) is 0 Å². The van der Waals surface area contributed by atoms with Crippen LogP contribution in [0.4, 0.5) is 0 Å². The first kappa shape index (κ1) is 18.8. The first-order valence-corrected chi connectivity index (χ1v) is 10.1. The van der Waals surface area contributed by atoms with Crippen molar-refractivity contribution in [3.05, 3.63) is 0 Å². The van der Waals surface area contributed by atoms with Crippen LogP contribution in [0, 0.1) is 0 Å². The standard InChI is InChI=1S/CH4.4CH3.3Al.2O.V.H/h1H4;4*1H3;;;;;;;. The second kappa shape index (κ2) is 12.1. The van der Waals surface area contributed by atoms with Crippen molar-refractivity contribution < 1.29 is 24.2 Å². The molecule has 0 N–H and O–H groups in total. The van der Waals surface area contributed by atoms with E-state index in [0.717, 1.165) is 0 Å². The summed E-state index contributed by atoms with van der Waals surface area (Å²) in [6.45, 7) is 0. The van der Waals surface area contributed by atoms with Gasteiger partial charge in [-0.2, -0.15) is 0 Å². The van der Waals surface area contributed by atoms with Gasteiger partial charge in [-0.15, -0.1) is 0 Å². The van der Waals surface area contributed by atoms with E-state index in [9.17, 15) is 0 Å². The van der Waals surface area contributed by atoms with E-state index in [1.807, 2.05) is 0 Å². The minimum atomic E-state index is -0.770. The van der Waals surface area contributed by atoms with Gasteiger partial charge in [-0.1, -0.05) is 30.6 Å². The van der Waals surface area contributed by atoms with Gasteiger partial charge in [-0.3, -0.25) is 0 Å². The van der Waals surface area contributed by atoms with Gasteiger partial charge in [-0.05, 0) is 0 Å². The average molecular weight is 241 g/mol. The fourth-order valence-electron chi connectivity index (χ4n) is 0.311. The Balaban J connectivity index is -0.000000320. The summed E-state index contributed by atoms with van der Waals surface area (Å²) < 4.78 is 10.9. The Hall–Kier alpha value is 2.10. The van der Waals surface area contributed by atoms with Crippen LogP contribution in [0.15, 0.2) is 0 Å². The summed E-state index contributed by atoms with van der Waals surface area (Å²) in [5.41, 5.74) is 0. The molecular weight excluding hydrogens is 224 g/mol. The molecule has 0 saturated heterocycles. The summed E-state index contributed by atoms with van der Waals surface area (Å²) in [6, 6.07) is 0. The van der Waals surface area contributed by atoms with E-state index in [-0.39, 0.29) is 26.0 Å². The molecule has 0 fully saturated rings. The molecule has 0 unspecified atom stereocenters. The molecule has 11 heavy (non-hydrogen) atoms. The molecule has 0 saturated carbocycles. The Morgan fingerprint density at radius 3 is 1.36 bits per heavy atom. The van der Waals surface area contributed by atoms with Crippen molar-refractivity contribution in [3.63, 3.8) is 0 Å². The molecule has 0 aromatic carbocycles. The second-order valence-electron chi connectivity index (χ2n) is 2.55. The van der Waals surface area contributed by atoms with Crippen molar-refractivity contribution in [3.8, 4) is 0 Å². The van der Waals surface area contributed by atoms with E-state index in [1.165, 1.54) is 0 Å². The molecule has 0 spiro atoms. The zero-order chi connectivity index (χ0) is 7.28. The van der Waals surface area contributed by atoms with Gasteiger partial charge in [0.15, 0.2) is 0 Å². The predicted molar refractivity (Wildman–Crippen MR) is 51.0 cm³/mol. The molecule has 1 radical (unpaired) electrons. The van der Waals surface area contributed by atoms with E-state index in [4.69, 9.17) is 5.68 Å². The van der Waals surface area contributed by atoms with Crippen LogP contribution < -0.4 is 0 Å². The first-order chi connectivity index (χ1) is 4.13. The van der Waals surface area contributed by atoms with Crippen molar-refractivity contribution >= 4 is 44.9 Å². The molecule has 6 heteroatoms. The van der Waals surface area contributed by atoms with Gasteiger partial charge < -0.3 is 5.68 Å². The normalized spacial score (nSPS) is 7.27. The maximum absolute atomic E-state index is 5.44. The Morgan fingerprint density at radius 1 is 0.909 bits per heavy atom. The van der Waals surface area contributed by atoms with Crippen molar-refractivity contribution in [2.75, 3.05) is 0 Å². The van der Waals surface area contributed by atoms with Gasteiger partial charge in [0.05, 0.1) is 0 Å². The predicted octanol–water partition coefficient (Wildman–Crippen LogP) is 1.42. The zero-order valence-electron chi connectivity index (χ0n) is 7.13. The van der Waals surface area contributed by atoms with Crippen molar-refractivity contribution in [1.29, 1.82) is 0 Å². The molecule has 0 aliphatic heterocycles. The Labute approximate surface area is 98.7 Å². The van der Waals surface area contributed by atoms with Crippen LogP contribution in [0.25, 0.3) is 0 Å². The summed E-state index contributed by atoms with van der Waals surface area (Å²) in [4.78, 5) is 0. The van der Waals surface area contributed by atoms with Gasteiger partial charge in [0, 0.05) is 18.6 Å². The third-order valence-corrected chi connectivity index (χ3v) is 7.22. The third-order valence-electron chi connectivity index (χ3n) is 0.803. The zero-order valence-corrected chi connectivity index (χ0v) is 12.2. The molecule has 0 aliphatic carbocycles. The number of hydrogen-bond donors (Lipinski definition) is 0. The van der Waals surface area contributed by atoms with Crippen LogP contribution in [0.5, 0.6) is 0 Å². The minimum Gasteiger partial charge on any atom is -0.618 e. The van der Waals surface area contributed by atoms with Crippen LogP contribution in [-0.4, -0.2) is 44.9 Å². The monoisotopic (exact) mass is 241 g/mol. The van der Waals surface area contributed by atoms with E-state index in [1.54, 1.807) is 0 Å². The Morgan fingerprint density at radius 2 is 1.18 bits per heavy atom. The third kappa shape index (κ3) is 18.8. The summed E-state index contributed by atoms with van der Waals surface area (Å²) in [5, 5.41) is 0. The maximum Gasteiger partial charge on any atom is 0.587 e. The fraction of sp³-hybridized carbons (Fsp3) is 1.00. The maximum atomic E-state index is 5.44. The van der Waals surface area contributed by atoms with Crippen LogP contribution in [0.2, 0.25) is 23.1 Å². The number of hydrogen-bond acceptors (Lipinski definition) is 2. The SMILES string of the molecule is C.[CH3][Al]([CH3])[O][AlH][O][Al]([CH3])[CH3].[V]. The van der Waals surface area contributed by atoms with Crippen molar-refractivity contribution in [2.45, 2.75) is 30.6 Å². The van der Waals surface area contributed by atoms with Gasteiger partial charge in [0.1, 0.15) is 0 Å². The molecule has 2 nitrogen and oxygen atoms in total. The van der Waals surface area contributed by atoms with Gasteiger partial charge >= 0.3 is 44.9 Å². The first-order valence-electron chi connectivity index (χ1n) is 3.36. The molecule has 0 amide bonds. The number of rotatable bonds is 4. The van der Waals surface area contributed by atoms with E-state index in [0.29, 0.717) is 0 Å².